The lowest BCUT2D eigenvalue weighted by atomic mass is 9.99. The molecule has 1 aliphatic heterocycles. The zero-order valence-corrected chi connectivity index (χ0v) is 17.6. The first-order valence-corrected chi connectivity index (χ1v) is 10.6. The normalized spacial score (nSPS) is 16.4. The SMILES string of the molecule is CCN(CC)c1ccc(NC(=O)c2cccc(C(=O)N3CCCC(C)C3)c2)cc1. The van der Waals surface area contributed by atoms with Crippen LogP contribution in [0.2, 0.25) is 0 Å². The minimum absolute atomic E-state index is 0.00905. The topological polar surface area (TPSA) is 52.7 Å². The van der Waals surface area contributed by atoms with E-state index in [2.05, 4.69) is 31.0 Å². The highest BCUT2D eigenvalue weighted by Gasteiger charge is 2.22. The molecule has 1 unspecified atom stereocenters. The number of carbonyl (C=O) groups is 2. The first kappa shape index (κ1) is 20.9. The third kappa shape index (κ3) is 5.17. The number of benzene rings is 2. The van der Waals surface area contributed by atoms with Gasteiger partial charge in [-0.1, -0.05) is 13.0 Å². The number of anilines is 2. The van der Waals surface area contributed by atoms with Crippen LogP contribution in [-0.4, -0.2) is 42.9 Å². The summed E-state index contributed by atoms with van der Waals surface area (Å²) in [6.07, 6.45) is 2.20. The van der Waals surface area contributed by atoms with Gasteiger partial charge >= 0.3 is 0 Å². The van der Waals surface area contributed by atoms with E-state index in [-0.39, 0.29) is 11.8 Å². The lowest BCUT2D eigenvalue weighted by Crippen LogP contribution is -2.39. The van der Waals surface area contributed by atoms with Crippen LogP contribution < -0.4 is 10.2 Å². The zero-order chi connectivity index (χ0) is 20.8. The Bertz CT molecular complexity index is 843. The summed E-state index contributed by atoms with van der Waals surface area (Å²) in [6.45, 7) is 9.88. The van der Waals surface area contributed by atoms with Crippen molar-refractivity contribution in [3.8, 4) is 0 Å². The predicted octanol–water partition coefficient (Wildman–Crippen LogP) is 4.66. The van der Waals surface area contributed by atoms with Gasteiger partial charge < -0.3 is 15.1 Å². The smallest absolute Gasteiger partial charge is 0.255 e. The van der Waals surface area contributed by atoms with E-state index in [0.29, 0.717) is 17.0 Å². The lowest BCUT2D eigenvalue weighted by Gasteiger charge is -2.31. The van der Waals surface area contributed by atoms with E-state index in [1.807, 2.05) is 29.2 Å². The molecule has 1 N–H and O–H groups in total. The Morgan fingerprint density at radius 1 is 1.07 bits per heavy atom. The van der Waals surface area contributed by atoms with E-state index >= 15 is 0 Å². The maximum Gasteiger partial charge on any atom is 0.255 e. The van der Waals surface area contributed by atoms with E-state index in [0.717, 1.165) is 44.0 Å². The Hall–Kier alpha value is -2.82. The van der Waals surface area contributed by atoms with E-state index < -0.39 is 0 Å². The van der Waals surface area contributed by atoms with Crippen LogP contribution in [0.4, 0.5) is 11.4 Å². The third-order valence-electron chi connectivity index (χ3n) is 5.57. The quantitative estimate of drug-likeness (QED) is 0.777. The fourth-order valence-electron chi connectivity index (χ4n) is 3.90. The van der Waals surface area contributed by atoms with E-state index in [1.165, 1.54) is 6.42 Å². The van der Waals surface area contributed by atoms with Crippen LogP contribution in [0.15, 0.2) is 48.5 Å². The van der Waals surface area contributed by atoms with E-state index in [9.17, 15) is 9.59 Å². The average Bonchev–Trinajstić information content (AvgIpc) is 2.75. The molecule has 0 aliphatic carbocycles. The summed E-state index contributed by atoms with van der Waals surface area (Å²) >= 11 is 0. The summed E-state index contributed by atoms with van der Waals surface area (Å²) in [6, 6.07) is 14.9. The number of rotatable bonds is 6. The van der Waals surface area contributed by atoms with E-state index in [4.69, 9.17) is 0 Å². The lowest BCUT2D eigenvalue weighted by molar-refractivity contribution is 0.0683. The molecule has 2 aromatic carbocycles. The number of hydrogen-bond acceptors (Lipinski definition) is 3. The van der Waals surface area contributed by atoms with Crippen molar-refractivity contribution in [1.82, 2.24) is 4.90 Å². The Balaban J connectivity index is 1.68. The van der Waals surface area contributed by atoms with Crippen LogP contribution >= 0.6 is 0 Å². The molecule has 1 saturated heterocycles. The highest BCUT2D eigenvalue weighted by molar-refractivity contribution is 6.06. The van der Waals surface area contributed by atoms with Gasteiger partial charge in [-0.05, 0) is 75.1 Å². The summed E-state index contributed by atoms with van der Waals surface area (Å²) in [5.74, 6) is 0.329. The largest absolute Gasteiger partial charge is 0.372 e. The van der Waals surface area contributed by atoms with Gasteiger partial charge in [-0.25, -0.2) is 0 Å². The molecule has 3 rings (SSSR count). The first-order chi connectivity index (χ1) is 14.0. The van der Waals surface area contributed by atoms with Gasteiger partial charge in [-0.15, -0.1) is 0 Å². The van der Waals surface area contributed by atoms with Crippen molar-refractivity contribution in [3.63, 3.8) is 0 Å². The van der Waals surface area contributed by atoms with Crippen LogP contribution in [-0.2, 0) is 0 Å². The maximum atomic E-state index is 12.8. The molecule has 5 nitrogen and oxygen atoms in total. The number of amides is 2. The summed E-state index contributed by atoms with van der Waals surface area (Å²) in [5.41, 5.74) is 2.95. The summed E-state index contributed by atoms with van der Waals surface area (Å²) < 4.78 is 0. The second-order valence-corrected chi connectivity index (χ2v) is 7.75. The van der Waals surface area contributed by atoms with Gasteiger partial charge in [0.05, 0.1) is 0 Å². The van der Waals surface area contributed by atoms with Crippen molar-refractivity contribution in [3.05, 3.63) is 59.7 Å². The monoisotopic (exact) mass is 393 g/mol. The number of likely N-dealkylation sites (tertiary alicyclic amines) is 1. The minimum Gasteiger partial charge on any atom is -0.372 e. The molecule has 1 aliphatic rings. The van der Waals surface area contributed by atoms with Crippen molar-refractivity contribution in [2.45, 2.75) is 33.6 Å². The molecule has 2 aromatic rings. The van der Waals surface area contributed by atoms with Crippen LogP contribution in [0.5, 0.6) is 0 Å². The molecule has 29 heavy (non-hydrogen) atoms. The average molecular weight is 394 g/mol. The van der Waals surface area contributed by atoms with Gasteiger partial charge in [-0.2, -0.15) is 0 Å². The minimum atomic E-state index is -0.206. The fraction of sp³-hybridized carbons (Fsp3) is 0.417. The van der Waals surface area contributed by atoms with E-state index in [1.54, 1.807) is 24.3 Å². The van der Waals surface area contributed by atoms with Gasteiger partial charge in [0, 0.05) is 48.7 Å². The molecule has 1 fully saturated rings. The number of carbonyl (C=O) groups excluding carboxylic acids is 2. The number of piperidine rings is 1. The second kappa shape index (κ2) is 9.59. The second-order valence-electron chi connectivity index (χ2n) is 7.75. The molecule has 0 radical (unpaired) electrons. The molecule has 2 amide bonds. The Labute approximate surface area is 173 Å². The van der Waals surface area contributed by atoms with Crippen molar-refractivity contribution >= 4 is 23.2 Å². The standard InChI is InChI=1S/C24H31N3O2/c1-4-26(5-2)22-13-11-21(12-14-22)25-23(28)19-9-6-10-20(16-19)24(29)27-15-7-8-18(3)17-27/h6,9-14,16,18H,4-5,7-8,15,17H2,1-3H3,(H,25,28). The summed E-state index contributed by atoms with van der Waals surface area (Å²) in [4.78, 5) is 29.7. The highest BCUT2D eigenvalue weighted by Crippen LogP contribution is 2.20. The molecule has 0 aromatic heterocycles. The first-order valence-electron chi connectivity index (χ1n) is 10.6. The van der Waals surface area contributed by atoms with Gasteiger partial charge in [-0.3, -0.25) is 9.59 Å². The summed E-state index contributed by atoms with van der Waals surface area (Å²) in [7, 11) is 0. The Kier molecular flexibility index (Phi) is 6.91. The van der Waals surface area contributed by atoms with Crippen LogP contribution in [0, 0.1) is 5.92 Å². The van der Waals surface area contributed by atoms with Crippen LogP contribution in [0.1, 0.15) is 54.3 Å². The molecule has 1 heterocycles. The molecule has 5 heteroatoms. The van der Waals surface area contributed by atoms with Gasteiger partial charge in [0.25, 0.3) is 11.8 Å². The molecule has 1 atom stereocenters. The zero-order valence-electron chi connectivity index (χ0n) is 17.6. The number of nitrogens with one attached hydrogen (secondary N) is 1. The molecule has 154 valence electrons. The van der Waals surface area contributed by atoms with Crippen molar-refractivity contribution < 1.29 is 9.59 Å². The maximum absolute atomic E-state index is 12.8. The molecular weight excluding hydrogens is 362 g/mol. The molecular formula is C24H31N3O2. The summed E-state index contributed by atoms with van der Waals surface area (Å²) in [5, 5.41) is 2.93. The van der Waals surface area contributed by atoms with Gasteiger partial charge in [0.1, 0.15) is 0 Å². The van der Waals surface area contributed by atoms with Crippen LogP contribution in [0.3, 0.4) is 0 Å². The fourth-order valence-corrected chi connectivity index (χ4v) is 3.90. The molecule has 0 spiro atoms. The Morgan fingerprint density at radius 3 is 2.41 bits per heavy atom. The van der Waals surface area contributed by atoms with Crippen molar-refractivity contribution in [2.75, 3.05) is 36.4 Å². The Morgan fingerprint density at radius 2 is 1.76 bits per heavy atom. The number of nitrogens with zero attached hydrogens (tertiary/aromatic N) is 2. The molecule has 0 bridgehead atoms. The number of hydrogen-bond donors (Lipinski definition) is 1. The van der Waals surface area contributed by atoms with Crippen molar-refractivity contribution in [1.29, 1.82) is 0 Å². The van der Waals surface area contributed by atoms with Crippen molar-refractivity contribution in [2.24, 2.45) is 5.92 Å². The predicted molar refractivity (Wildman–Crippen MR) is 119 cm³/mol. The van der Waals surface area contributed by atoms with Gasteiger partial charge in [0.2, 0.25) is 0 Å². The van der Waals surface area contributed by atoms with Crippen LogP contribution in [0.25, 0.3) is 0 Å². The van der Waals surface area contributed by atoms with Gasteiger partial charge in [0.15, 0.2) is 0 Å². The highest BCUT2D eigenvalue weighted by atomic mass is 16.2. The third-order valence-corrected chi connectivity index (χ3v) is 5.57. The molecule has 0 saturated carbocycles.